The Labute approximate surface area is 222 Å². The number of ether oxygens (including phenoxy) is 1. The molecular formula is C23H20F2N8O5S. The molecule has 4 heterocycles. The van der Waals surface area contributed by atoms with Gasteiger partial charge in [-0.2, -0.15) is 5.10 Å². The van der Waals surface area contributed by atoms with E-state index in [9.17, 15) is 28.3 Å². The molecule has 1 saturated heterocycles. The van der Waals surface area contributed by atoms with Gasteiger partial charge in [0, 0.05) is 25.4 Å². The summed E-state index contributed by atoms with van der Waals surface area (Å²) in [6.07, 6.45) is 1.64. The van der Waals surface area contributed by atoms with Crippen LogP contribution in [0.2, 0.25) is 0 Å². The lowest BCUT2D eigenvalue weighted by molar-refractivity contribution is -0.129. The van der Waals surface area contributed by atoms with Gasteiger partial charge in [0.15, 0.2) is 16.9 Å². The molecule has 1 aromatic carbocycles. The number of primary amides is 1. The first-order chi connectivity index (χ1) is 18.7. The van der Waals surface area contributed by atoms with Crippen molar-refractivity contribution in [2.24, 2.45) is 5.73 Å². The molecule has 1 aliphatic rings. The third-order valence-electron chi connectivity index (χ3n) is 5.83. The third kappa shape index (κ3) is 5.38. The van der Waals surface area contributed by atoms with E-state index in [2.05, 4.69) is 25.7 Å². The maximum absolute atomic E-state index is 13.8. The Kier molecular flexibility index (Phi) is 7.14. The minimum absolute atomic E-state index is 0.0786. The monoisotopic (exact) mass is 558 g/mol. The fourth-order valence-electron chi connectivity index (χ4n) is 4.07. The summed E-state index contributed by atoms with van der Waals surface area (Å²) in [7, 11) is 0. The number of hydrogen-bond acceptors (Lipinski definition) is 9. The van der Waals surface area contributed by atoms with Crippen LogP contribution in [0.25, 0.3) is 21.6 Å². The molecule has 0 aliphatic carbocycles. The number of thiazole rings is 1. The van der Waals surface area contributed by atoms with Gasteiger partial charge in [0.05, 0.1) is 46.6 Å². The van der Waals surface area contributed by atoms with Crippen molar-refractivity contribution in [3.63, 3.8) is 0 Å². The average molecular weight is 559 g/mol. The van der Waals surface area contributed by atoms with Crippen LogP contribution in [0.5, 0.6) is 0 Å². The van der Waals surface area contributed by atoms with Gasteiger partial charge in [0.25, 0.3) is 5.91 Å². The number of carbonyl (C=O) groups excluding carboxylic acids is 2. The smallest absolute Gasteiger partial charge is 0.336 e. The average Bonchev–Trinajstić information content (AvgIpc) is 3.53. The molecule has 0 spiro atoms. The van der Waals surface area contributed by atoms with Crippen molar-refractivity contribution in [3.8, 4) is 10.6 Å². The van der Waals surface area contributed by atoms with Crippen LogP contribution >= 0.6 is 11.3 Å². The second kappa shape index (κ2) is 10.7. The highest BCUT2D eigenvalue weighted by atomic mass is 32.1. The number of urea groups is 1. The number of aromatic carboxylic acids is 1. The molecule has 13 nitrogen and oxygen atoms in total. The summed E-state index contributed by atoms with van der Waals surface area (Å²) in [6.45, 7) is 1.59. The fourth-order valence-corrected chi connectivity index (χ4v) is 4.84. The summed E-state index contributed by atoms with van der Waals surface area (Å²) in [4.78, 5) is 47.6. The van der Waals surface area contributed by atoms with Crippen molar-refractivity contribution in [3.05, 3.63) is 53.9 Å². The lowest BCUT2D eigenvalue weighted by Crippen LogP contribution is -2.47. The van der Waals surface area contributed by atoms with Crippen molar-refractivity contribution in [2.75, 3.05) is 36.9 Å². The largest absolute Gasteiger partial charge is 0.478 e. The van der Waals surface area contributed by atoms with Crippen LogP contribution in [0.1, 0.15) is 16.5 Å². The molecule has 0 bridgehead atoms. The molecule has 39 heavy (non-hydrogen) atoms. The summed E-state index contributed by atoms with van der Waals surface area (Å²) >= 11 is 0.958. The molecule has 1 fully saturated rings. The maximum Gasteiger partial charge on any atom is 0.336 e. The molecule has 3 aromatic heterocycles. The second-order valence-corrected chi connectivity index (χ2v) is 9.37. The quantitative estimate of drug-likeness (QED) is 0.265. The highest BCUT2D eigenvalue weighted by Gasteiger charge is 2.31. The SMILES string of the molecule is NC(=O)C(N1CCOCC1)n1ncc2c(C(=O)O)cc(-c3cnc(NC(=O)Nc4cc(F)ccc4F)s3)nc21. The van der Waals surface area contributed by atoms with Crippen molar-refractivity contribution >= 4 is 51.1 Å². The standard InChI is InChI=1S/C23H20F2N8O5S/c24-11-1-2-14(25)15(7-11)30-22(37)31-23-27-10-17(39-23)16-8-12(21(35)36)13-9-28-33(19(13)29-16)20(18(26)34)32-3-5-38-6-4-32/h1-2,7-10,20H,3-6H2,(H2,26,34)(H,35,36)(H2,27,30,31,37). The van der Waals surface area contributed by atoms with Crippen LogP contribution < -0.4 is 16.4 Å². The van der Waals surface area contributed by atoms with Gasteiger partial charge in [-0.3, -0.25) is 15.0 Å². The minimum Gasteiger partial charge on any atom is -0.478 e. The Balaban J connectivity index is 1.46. The molecule has 1 atom stereocenters. The predicted molar refractivity (Wildman–Crippen MR) is 135 cm³/mol. The molecule has 16 heteroatoms. The zero-order valence-corrected chi connectivity index (χ0v) is 20.7. The van der Waals surface area contributed by atoms with E-state index in [0.29, 0.717) is 31.2 Å². The first-order valence-electron chi connectivity index (χ1n) is 11.4. The zero-order valence-electron chi connectivity index (χ0n) is 19.9. The van der Waals surface area contributed by atoms with Crippen molar-refractivity contribution in [1.29, 1.82) is 0 Å². The number of carboxylic acid groups (broad SMARTS) is 1. The topological polar surface area (TPSA) is 178 Å². The first-order valence-corrected chi connectivity index (χ1v) is 12.2. The number of amides is 3. The lowest BCUT2D eigenvalue weighted by Gasteiger charge is -2.32. The van der Waals surface area contributed by atoms with Gasteiger partial charge in [-0.1, -0.05) is 11.3 Å². The number of carboxylic acids is 1. The lowest BCUT2D eigenvalue weighted by atomic mass is 10.1. The molecule has 202 valence electrons. The Bertz CT molecular complexity index is 1590. The fraction of sp³-hybridized carbons (Fsp3) is 0.217. The number of benzene rings is 1. The van der Waals surface area contributed by atoms with E-state index < -0.39 is 35.7 Å². The van der Waals surface area contributed by atoms with Gasteiger partial charge < -0.3 is 20.9 Å². The number of morpholine rings is 1. The minimum atomic E-state index is -1.25. The number of halogens is 2. The molecule has 3 amide bonds. The summed E-state index contributed by atoms with van der Waals surface area (Å²) in [5.74, 6) is -3.50. The highest BCUT2D eigenvalue weighted by molar-refractivity contribution is 7.19. The van der Waals surface area contributed by atoms with Crippen LogP contribution in [-0.4, -0.2) is 74.0 Å². The Hall–Kier alpha value is -4.54. The van der Waals surface area contributed by atoms with Crippen LogP contribution in [0.15, 0.2) is 36.7 Å². The third-order valence-corrected chi connectivity index (χ3v) is 6.77. The molecule has 4 aromatic rings. The van der Waals surface area contributed by atoms with Crippen LogP contribution in [0.3, 0.4) is 0 Å². The highest BCUT2D eigenvalue weighted by Crippen LogP contribution is 2.32. The first kappa shape index (κ1) is 26.1. The number of aromatic nitrogens is 4. The number of nitrogens with zero attached hydrogens (tertiary/aromatic N) is 5. The van der Waals surface area contributed by atoms with E-state index in [1.165, 1.54) is 23.1 Å². The summed E-state index contributed by atoms with van der Waals surface area (Å²) in [5.41, 5.74) is 5.52. The summed E-state index contributed by atoms with van der Waals surface area (Å²) in [6, 6.07) is 3.07. The van der Waals surface area contributed by atoms with Gasteiger partial charge in [0.2, 0.25) is 0 Å². The van der Waals surface area contributed by atoms with E-state index in [0.717, 1.165) is 29.5 Å². The van der Waals surface area contributed by atoms with Gasteiger partial charge in [-0.15, -0.1) is 0 Å². The molecule has 1 aliphatic heterocycles. The predicted octanol–water partition coefficient (Wildman–Crippen LogP) is 2.49. The molecular weight excluding hydrogens is 538 g/mol. The zero-order chi connectivity index (χ0) is 27.7. The number of anilines is 2. The molecule has 0 saturated carbocycles. The Morgan fingerprint density at radius 1 is 1.13 bits per heavy atom. The molecule has 5 rings (SSSR count). The van der Waals surface area contributed by atoms with Crippen LogP contribution in [0.4, 0.5) is 24.4 Å². The van der Waals surface area contributed by atoms with Crippen LogP contribution in [0, 0.1) is 11.6 Å². The van der Waals surface area contributed by atoms with E-state index >= 15 is 0 Å². The second-order valence-electron chi connectivity index (χ2n) is 8.34. The Morgan fingerprint density at radius 2 is 1.90 bits per heavy atom. The number of carbonyl (C=O) groups is 3. The Morgan fingerprint density at radius 3 is 2.62 bits per heavy atom. The normalized spacial score (nSPS) is 14.7. The number of pyridine rings is 1. The van der Waals surface area contributed by atoms with Gasteiger partial charge in [0.1, 0.15) is 11.6 Å². The van der Waals surface area contributed by atoms with E-state index in [4.69, 9.17) is 10.5 Å². The molecule has 1 unspecified atom stereocenters. The van der Waals surface area contributed by atoms with E-state index in [-0.39, 0.29) is 33.1 Å². The van der Waals surface area contributed by atoms with E-state index in [1.807, 2.05) is 0 Å². The van der Waals surface area contributed by atoms with Gasteiger partial charge in [-0.05, 0) is 18.2 Å². The number of hydrogen-bond donors (Lipinski definition) is 4. The number of nitrogens with two attached hydrogens (primary N) is 1. The maximum atomic E-state index is 13.8. The number of nitrogens with one attached hydrogen (secondary N) is 2. The van der Waals surface area contributed by atoms with Crippen molar-refractivity contribution < 1.29 is 33.0 Å². The molecule has 5 N–H and O–H groups in total. The summed E-state index contributed by atoms with van der Waals surface area (Å²) < 4.78 is 33.8. The van der Waals surface area contributed by atoms with Crippen molar-refractivity contribution in [2.45, 2.75) is 6.17 Å². The number of fused-ring (bicyclic) bond motifs is 1. The van der Waals surface area contributed by atoms with E-state index in [1.54, 1.807) is 4.90 Å². The van der Waals surface area contributed by atoms with Gasteiger partial charge >= 0.3 is 12.0 Å². The van der Waals surface area contributed by atoms with Crippen LogP contribution in [-0.2, 0) is 9.53 Å². The van der Waals surface area contributed by atoms with Crippen molar-refractivity contribution in [1.82, 2.24) is 24.6 Å². The number of rotatable bonds is 7. The van der Waals surface area contributed by atoms with Gasteiger partial charge in [-0.25, -0.2) is 33.0 Å². The molecule has 0 radical (unpaired) electrons. The summed E-state index contributed by atoms with van der Waals surface area (Å²) in [5, 5.41) is 19.0.